The molecule has 5 heteroatoms. The van der Waals surface area contributed by atoms with Crippen LogP contribution in [0.25, 0.3) is 0 Å². The van der Waals surface area contributed by atoms with Crippen molar-refractivity contribution in [2.45, 2.75) is 51.1 Å². The second-order valence-corrected chi connectivity index (χ2v) is 9.03. The van der Waals surface area contributed by atoms with E-state index in [9.17, 15) is 4.79 Å². The van der Waals surface area contributed by atoms with Crippen LogP contribution in [0.2, 0.25) is 0 Å². The van der Waals surface area contributed by atoms with Crippen molar-refractivity contribution in [2.75, 3.05) is 52.5 Å². The van der Waals surface area contributed by atoms with E-state index in [1.165, 1.54) is 44.3 Å². The van der Waals surface area contributed by atoms with E-state index in [1.54, 1.807) is 0 Å². The zero-order chi connectivity index (χ0) is 19.9. The number of hydrogen-bond acceptors (Lipinski definition) is 4. The topological polar surface area (TPSA) is 36.0 Å². The maximum absolute atomic E-state index is 12.8. The number of piperidine rings is 1. The number of ether oxygens (including phenoxy) is 1. The second-order valence-electron chi connectivity index (χ2n) is 9.03. The zero-order valence-electron chi connectivity index (χ0n) is 17.8. The van der Waals surface area contributed by atoms with Gasteiger partial charge in [-0.05, 0) is 50.1 Å². The van der Waals surface area contributed by atoms with E-state index >= 15 is 0 Å². The van der Waals surface area contributed by atoms with Gasteiger partial charge in [0.25, 0.3) is 0 Å². The predicted molar refractivity (Wildman–Crippen MR) is 116 cm³/mol. The third kappa shape index (κ3) is 6.03. The summed E-state index contributed by atoms with van der Waals surface area (Å²) in [5.41, 5.74) is 1.36. The van der Waals surface area contributed by atoms with Crippen molar-refractivity contribution in [3.63, 3.8) is 0 Å². The Morgan fingerprint density at radius 2 is 1.72 bits per heavy atom. The molecule has 1 aromatic carbocycles. The highest BCUT2D eigenvalue weighted by Crippen LogP contribution is 2.26. The van der Waals surface area contributed by atoms with Crippen LogP contribution >= 0.6 is 0 Å². The van der Waals surface area contributed by atoms with Crippen LogP contribution in [0.1, 0.15) is 44.1 Å². The number of hydrogen-bond donors (Lipinski definition) is 0. The molecule has 1 amide bonds. The van der Waals surface area contributed by atoms with E-state index in [1.807, 2.05) is 0 Å². The Labute approximate surface area is 176 Å². The summed E-state index contributed by atoms with van der Waals surface area (Å²) in [6.45, 7) is 8.98. The molecule has 160 valence electrons. The number of carbonyl (C=O) groups is 1. The van der Waals surface area contributed by atoms with Gasteiger partial charge in [0, 0.05) is 64.9 Å². The monoisotopic (exact) mass is 399 g/mol. The normalized spacial score (nSPS) is 25.2. The van der Waals surface area contributed by atoms with Gasteiger partial charge in [-0.2, -0.15) is 0 Å². The first-order chi connectivity index (χ1) is 14.3. The lowest BCUT2D eigenvalue weighted by Crippen LogP contribution is -2.48. The lowest BCUT2D eigenvalue weighted by atomic mass is 9.91. The van der Waals surface area contributed by atoms with Crippen LogP contribution in [0.15, 0.2) is 30.3 Å². The number of amides is 1. The molecule has 0 aromatic heterocycles. The molecule has 0 saturated carbocycles. The predicted octanol–water partition coefficient (Wildman–Crippen LogP) is 3.00. The molecule has 0 spiro atoms. The Balaban J connectivity index is 1.16. The van der Waals surface area contributed by atoms with Gasteiger partial charge in [0.15, 0.2) is 0 Å². The Hall–Kier alpha value is -1.43. The highest BCUT2D eigenvalue weighted by molar-refractivity contribution is 5.76. The van der Waals surface area contributed by atoms with Gasteiger partial charge in [0.2, 0.25) is 5.91 Å². The summed E-state index contributed by atoms with van der Waals surface area (Å²) >= 11 is 0. The molecule has 3 saturated heterocycles. The van der Waals surface area contributed by atoms with Crippen molar-refractivity contribution in [3.05, 3.63) is 35.9 Å². The molecule has 0 bridgehead atoms. The van der Waals surface area contributed by atoms with Crippen LogP contribution in [0.3, 0.4) is 0 Å². The molecule has 4 rings (SSSR count). The van der Waals surface area contributed by atoms with Gasteiger partial charge in [0.05, 0.1) is 0 Å². The molecule has 3 aliphatic rings. The summed E-state index contributed by atoms with van der Waals surface area (Å²) in [6.07, 6.45) is 6.72. The minimum atomic E-state index is 0.368. The smallest absolute Gasteiger partial charge is 0.222 e. The minimum Gasteiger partial charge on any atom is -0.381 e. The van der Waals surface area contributed by atoms with Crippen LogP contribution < -0.4 is 0 Å². The second kappa shape index (κ2) is 10.6. The largest absolute Gasteiger partial charge is 0.381 e. The van der Waals surface area contributed by atoms with Gasteiger partial charge in [-0.1, -0.05) is 30.3 Å². The lowest BCUT2D eigenvalue weighted by Gasteiger charge is -2.40. The van der Waals surface area contributed by atoms with E-state index in [-0.39, 0.29) is 0 Å². The number of benzene rings is 1. The third-order valence-corrected chi connectivity index (χ3v) is 7.00. The van der Waals surface area contributed by atoms with E-state index in [2.05, 4.69) is 45.0 Å². The van der Waals surface area contributed by atoms with Crippen LogP contribution in [-0.4, -0.2) is 79.1 Å². The molecule has 5 nitrogen and oxygen atoms in total. The molecule has 0 radical (unpaired) electrons. The van der Waals surface area contributed by atoms with E-state index in [0.29, 0.717) is 17.9 Å². The summed E-state index contributed by atoms with van der Waals surface area (Å²) in [5, 5.41) is 0. The molecule has 1 aromatic rings. The quantitative estimate of drug-likeness (QED) is 0.737. The number of carbonyl (C=O) groups excluding carboxylic acids is 1. The molecular weight excluding hydrogens is 362 g/mol. The van der Waals surface area contributed by atoms with E-state index < -0.39 is 0 Å². The number of rotatable bonds is 6. The fraction of sp³-hybridized carbons (Fsp3) is 0.708. The molecule has 3 fully saturated rings. The number of likely N-dealkylation sites (tertiary alicyclic amines) is 1. The maximum Gasteiger partial charge on any atom is 0.222 e. The lowest BCUT2D eigenvalue weighted by molar-refractivity contribution is -0.133. The first-order valence-corrected chi connectivity index (χ1v) is 11.6. The van der Waals surface area contributed by atoms with Crippen molar-refractivity contribution < 1.29 is 9.53 Å². The van der Waals surface area contributed by atoms with E-state index in [4.69, 9.17) is 4.74 Å². The van der Waals surface area contributed by atoms with Crippen molar-refractivity contribution in [1.82, 2.24) is 14.7 Å². The van der Waals surface area contributed by atoms with Crippen molar-refractivity contribution in [2.24, 2.45) is 5.92 Å². The molecule has 3 aliphatic heterocycles. The summed E-state index contributed by atoms with van der Waals surface area (Å²) in [4.78, 5) is 20.0. The maximum atomic E-state index is 12.8. The van der Waals surface area contributed by atoms with E-state index in [0.717, 1.165) is 58.8 Å². The van der Waals surface area contributed by atoms with Crippen molar-refractivity contribution in [1.29, 1.82) is 0 Å². The van der Waals surface area contributed by atoms with Gasteiger partial charge in [-0.25, -0.2) is 0 Å². The summed E-state index contributed by atoms with van der Waals surface area (Å²) in [5.74, 6) is 1.06. The third-order valence-electron chi connectivity index (χ3n) is 7.00. The van der Waals surface area contributed by atoms with Crippen LogP contribution in [0.4, 0.5) is 0 Å². The Kier molecular flexibility index (Phi) is 7.58. The molecular formula is C24H37N3O2. The van der Waals surface area contributed by atoms with Crippen LogP contribution in [0, 0.1) is 5.92 Å². The van der Waals surface area contributed by atoms with Gasteiger partial charge < -0.3 is 9.64 Å². The number of piperazine rings is 1. The number of nitrogens with zero attached hydrogens (tertiary/aromatic N) is 3. The van der Waals surface area contributed by atoms with Gasteiger partial charge in [-0.3, -0.25) is 14.6 Å². The average Bonchev–Trinajstić information content (AvgIpc) is 2.79. The van der Waals surface area contributed by atoms with Gasteiger partial charge in [0.1, 0.15) is 0 Å². The fourth-order valence-corrected chi connectivity index (χ4v) is 5.20. The fourth-order valence-electron chi connectivity index (χ4n) is 5.20. The molecule has 29 heavy (non-hydrogen) atoms. The van der Waals surface area contributed by atoms with Crippen molar-refractivity contribution in [3.8, 4) is 0 Å². The molecule has 0 unspecified atom stereocenters. The van der Waals surface area contributed by atoms with Crippen molar-refractivity contribution >= 4 is 5.91 Å². The summed E-state index contributed by atoms with van der Waals surface area (Å²) in [7, 11) is 0. The Morgan fingerprint density at radius 3 is 2.48 bits per heavy atom. The minimum absolute atomic E-state index is 0.368. The molecule has 3 heterocycles. The summed E-state index contributed by atoms with van der Waals surface area (Å²) < 4.78 is 5.52. The first kappa shape index (κ1) is 20.8. The first-order valence-electron chi connectivity index (χ1n) is 11.6. The summed E-state index contributed by atoms with van der Waals surface area (Å²) in [6, 6.07) is 11.3. The SMILES string of the molecule is O=C(CC[C@@H]1CCCN(C2CCOCC2)C1)N1CCN(Cc2ccccc2)CC1. The van der Waals surface area contributed by atoms with Crippen LogP contribution in [0.5, 0.6) is 0 Å². The standard InChI is InChI=1S/C24H37N3O2/c28-24(26-15-13-25(14-16-26)19-21-5-2-1-3-6-21)9-8-22-7-4-12-27(20-22)23-10-17-29-18-11-23/h1-3,5-6,22-23H,4,7-20H2/t22-/m0/s1. The highest BCUT2D eigenvalue weighted by atomic mass is 16.5. The zero-order valence-corrected chi connectivity index (χ0v) is 17.8. The molecule has 0 aliphatic carbocycles. The Bertz CT molecular complexity index is 624. The average molecular weight is 400 g/mol. The van der Waals surface area contributed by atoms with Gasteiger partial charge >= 0.3 is 0 Å². The highest BCUT2D eigenvalue weighted by Gasteiger charge is 2.28. The molecule has 0 N–H and O–H groups in total. The molecule has 1 atom stereocenters. The van der Waals surface area contributed by atoms with Gasteiger partial charge in [-0.15, -0.1) is 0 Å². The van der Waals surface area contributed by atoms with Crippen LogP contribution in [-0.2, 0) is 16.1 Å². The Morgan fingerprint density at radius 1 is 0.966 bits per heavy atom.